The molecule has 0 aliphatic carbocycles. The molecular formula is C19H27F2NO2. The molecule has 0 fully saturated rings. The largest absolute Gasteiger partial charge is 0.346 e. The molecule has 1 N–H and O–H groups in total. The lowest BCUT2D eigenvalue weighted by Crippen LogP contribution is -2.52. The van der Waals surface area contributed by atoms with E-state index in [1.165, 1.54) is 12.1 Å². The fourth-order valence-electron chi connectivity index (χ4n) is 2.35. The summed E-state index contributed by atoms with van der Waals surface area (Å²) in [6.07, 6.45) is 0.272. The summed E-state index contributed by atoms with van der Waals surface area (Å²) in [6.45, 7) is 11.1. The van der Waals surface area contributed by atoms with Gasteiger partial charge in [-0.05, 0) is 29.5 Å². The first-order valence-corrected chi connectivity index (χ1v) is 8.09. The zero-order valence-electron chi connectivity index (χ0n) is 15.3. The molecule has 1 rings (SSSR count). The predicted octanol–water partition coefficient (Wildman–Crippen LogP) is 4.04. The molecule has 0 aromatic heterocycles. The first-order chi connectivity index (χ1) is 10.8. The van der Waals surface area contributed by atoms with Crippen LogP contribution in [0.4, 0.5) is 8.78 Å². The Morgan fingerprint density at radius 1 is 1.00 bits per heavy atom. The highest BCUT2D eigenvalue weighted by Gasteiger charge is 2.38. The van der Waals surface area contributed by atoms with Gasteiger partial charge in [-0.2, -0.15) is 0 Å². The third kappa shape index (κ3) is 6.02. The van der Waals surface area contributed by atoms with Gasteiger partial charge in [0.05, 0.1) is 6.04 Å². The van der Waals surface area contributed by atoms with E-state index in [1.807, 2.05) is 41.5 Å². The Morgan fingerprint density at radius 2 is 1.50 bits per heavy atom. The summed E-state index contributed by atoms with van der Waals surface area (Å²) >= 11 is 0. The summed E-state index contributed by atoms with van der Waals surface area (Å²) in [5, 5.41) is 2.79. The van der Waals surface area contributed by atoms with Crippen molar-refractivity contribution in [2.45, 2.75) is 60.4 Å². The summed E-state index contributed by atoms with van der Waals surface area (Å²) < 4.78 is 26.3. The molecule has 1 aromatic rings. The highest BCUT2D eigenvalue weighted by molar-refractivity contribution is 5.93. The molecule has 24 heavy (non-hydrogen) atoms. The van der Waals surface area contributed by atoms with Crippen molar-refractivity contribution in [1.82, 2.24) is 5.32 Å². The van der Waals surface area contributed by atoms with Gasteiger partial charge in [0.15, 0.2) is 5.78 Å². The van der Waals surface area contributed by atoms with Crippen LogP contribution >= 0.6 is 0 Å². The number of carbonyl (C=O) groups excluding carboxylic acids is 2. The second-order valence-electron chi connectivity index (χ2n) is 8.26. The van der Waals surface area contributed by atoms with Crippen molar-refractivity contribution in [3.8, 4) is 0 Å². The Kier molecular flexibility index (Phi) is 6.26. The minimum atomic E-state index is -0.666. The molecule has 0 aliphatic rings. The van der Waals surface area contributed by atoms with E-state index in [0.29, 0.717) is 5.56 Å². The van der Waals surface area contributed by atoms with E-state index < -0.39 is 28.5 Å². The summed E-state index contributed by atoms with van der Waals surface area (Å²) in [5.74, 6) is -1.68. The number of hydrogen-bond acceptors (Lipinski definition) is 2. The monoisotopic (exact) mass is 339 g/mol. The third-order valence-electron chi connectivity index (χ3n) is 3.74. The van der Waals surface area contributed by atoms with Crippen LogP contribution in [0.5, 0.6) is 0 Å². The summed E-state index contributed by atoms with van der Waals surface area (Å²) in [4.78, 5) is 24.8. The quantitative estimate of drug-likeness (QED) is 0.880. The molecule has 0 radical (unpaired) electrons. The highest BCUT2D eigenvalue weighted by atomic mass is 19.1. The molecule has 0 saturated heterocycles. The van der Waals surface area contributed by atoms with Crippen LogP contribution in [0.15, 0.2) is 18.2 Å². The predicted molar refractivity (Wildman–Crippen MR) is 90.5 cm³/mol. The molecule has 1 atom stereocenters. The second-order valence-corrected chi connectivity index (χ2v) is 8.26. The normalized spacial score (nSPS) is 13.5. The maximum absolute atomic E-state index is 13.2. The van der Waals surface area contributed by atoms with Crippen LogP contribution in [-0.4, -0.2) is 17.7 Å². The molecule has 1 aromatic carbocycles. The highest BCUT2D eigenvalue weighted by Crippen LogP contribution is 2.27. The molecule has 0 spiro atoms. The maximum atomic E-state index is 13.2. The van der Waals surface area contributed by atoms with Crippen molar-refractivity contribution in [3.05, 3.63) is 35.4 Å². The molecule has 134 valence electrons. The Labute approximate surface area is 142 Å². The van der Waals surface area contributed by atoms with Crippen LogP contribution in [0, 0.1) is 22.5 Å². The lowest BCUT2D eigenvalue weighted by atomic mass is 9.75. The van der Waals surface area contributed by atoms with Gasteiger partial charge in [0, 0.05) is 17.9 Å². The topological polar surface area (TPSA) is 46.2 Å². The molecular weight excluding hydrogens is 312 g/mol. The number of aryl methyl sites for hydroxylation is 1. The zero-order chi connectivity index (χ0) is 18.7. The molecule has 0 saturated carbocycles. The van der Waals surface area contributed by atoms with Crippen LogP contribution in [0.2, 0.25) is 0 Å². The van der Waals surface area contributed by atoms with Gasteiger partial charge in [-0.15, -0.1) is 0 Å². The Hall–Kier alpha value is -1.78. The fraction of sp³-hybridized carbons (Fsp3) is 0.579. The van der Waals surface area contributed by atoms with Gasteiger partial charge in [0.1, 0.15) is 11.6 Å². The molecule has 5 heteroatoms. The van der Waals surface area contributed by atoms with E-state index in [4.69, 9.17) is 0 Å². The van der Waals surface area contributed by atoms with Crippen LogP contribution in [0.25, 0.3) is 0 Å². The SMILES string of the molecule is CC(C)(C)C(=O)C(NC(=O)CCc1cc(F)cc(F)c1)C(C)(C)C. The number of carbonyl (C=O) groups is 2. The number of Topliss-reactive ketones (excluding diaryl/α,β-unsaturated/α-hetero) is 1. The second kappa shape index (κ2) is 7.41. The van der Waals surface area contributed by atoms with E-state index in [0.717, 1.165) is 6.07 Å². The fourth-order valence-corrected chi connectivity index (χ4v) is 2.35. The van der Waals surface area contributed by atoms with Gasteiger partial charge in [-0.25, -0.2) is 8.78 Å². The lowest BCUT2D eigenvalue weighted by Gasteiger charge is -2.34. The van der Waals surface area contributed by atoms with Crippen molar-refractivity contribution >= 4 is 11.7 Å². The van der Waals surface area contributed by atoms with Gasteiger partial charge in [-0.3, -0.25) is 9.59 Å². The third-order valence-corrected chi connectivity index (χ3v) is 3.74. The Balaban J connectivity index is 2.77. The van der Waals surface area contributed by atoms with Gasteiger partial charge >= 0.3 is 0 Å². The van der Waals surface area contributed by atoms with Crippen molar-refractivity contribution in [2.75, 3.05) is 0 Å². The zero-order valence-corrected chi connectivity index (χ0v) is 15.3. The number of benzene rings is 1. The lowest BCUT2D eigenvalue weighted by molar-refractivity contribution is -0.135. The average Bonchev–Trinajstić information content (AvgIpc) is 2.38. The Bertz CT molecular complexity index is 593. The molecule has 0 bridgehead atoms. The first kappa shape index (κ1) is 20.3. The van der Waals surface area contributed by atoms with Crippen molar-refractivity contribution in [2.24, 2.45) is 10.8 Å². The number of rotatable bonds is 5. The number of hydrogen-bond donors (Lipinski definition) is 1. The van der Waals surface area contributed by atoms with Gasteiger partial charge in [0.2, 0.25) is 5.91 Å². The number of amides is 1. The molecule has 1 unspecified atom stereocenters. The maximum Gasteiger partial charge on any atom is 0.220 e. The number of ketones is 1. The van der Waals surface area contributed by atoms with Crippen molar-refractivity contribution in [1.29, 1.82) is 0 Å². The first-order valence-electron chi connectivity index (χ1n) is 8.09. The van der Waals surface area contributed by atoms with Crippen LogP contribution < -0.4 is 5.32 Å². The van der Waals surface area contributed by atoms with E-state index in [9.17, 15) is 18.4 Å². The van der Waals surface area contributed by atoms with E-state index in [2.05, 4.69) is 5.32 Å². The molecule has 3 nitrogen and oxygen atoms in total. The summed E-state index contributed by atoms with van der Waals surface area (Å²) in [6, 6.07) is 2.59. The standard InChI is InChI=1S/C19H27F2NO2/c1-18(2,3)16(17(24)19(4,5)6)22-15(23)8-7-12-9-13(20)11-14(21)10-12/h9-11,16H,7-8H2,1-6H3,(H,22,23). The van der Waals surface area contributed by atoms with Crippen LogP contribution in [0.1, 0.15) is 53.5 Å². The van der Waals surface area contributed by atoms with Crippen molar-refractivity contribution < 1.29 is 18.4 Å². The van der Waals surface area contributed by atoms with Gasteiger partial charge in [-0.1, -0.05) is 41.5 Å². The van der Waals surface area contributed by atoms with Crippen molar-refractivity contribution in [3.63, 3.8) is 0 Å². The summed E-state index contributed by atoms with van der Waals surface area (Å²) in [7, 11) is 0. The average molecular weight is 339 g/mol. The molecule has 0 aliphatic heterocycles. The van der Waals surface area contributed by atoms with E-state index in [-0.39, 0.29) is 24.5 Å². The van der Waals surface area contributed by atoms with Gasteiger partial charge in [0.25, 0.3) is 0 Å². The summed E-state index contributed by atoms with van der Waals surface area (Å²) in [5.41, 5.74) is -0.584. The number of nitrogens with one attached hydrogen (secondary N) is 1. The van der Waals surface area contributed by atoms with Crippen LogP contribution in [0.3, 0.4) is 0 Å². The van der Waals surface area contributed by atoms with E-state index in [1.54, 1.807) is 0 Å². The van der Waals surface area contributed by atoms with E-state index >= 15 is 0 Å². The Morgan fingerprint density at radius 3 is 1.92 bits per heavy atom. The van der Waals surface area contributed by atoms with Crippen LogP contribution in [-0.2, 0) is 16.0 Å². The van der Waals surface area contributed by atoms with Gasteiger partial charge < -0.3 is 5.32 Å². The molecule has 0 heterocycles. The smallest absolute Gasteiger partial charge is 0.220 e. The number of halogens is 2. The molecule has 1 amide bonds. The minimum Gasteiger partial charge on any atom is -0.346 e. The minimum absolute atomic E-state index is 0.0415.